The first-order valence-corrected chi connectivity index (χ1v) is 17.1. The molecule has 7 heteroatoms. The molecule has 6 atom stereocenters. The van der Waals surface area contributed by atoms with Gasteiger partial charge in [-0.2, -0.15) is 0 Å². The van der Waals surface area contributed by atoms with Crippen LogP contribution < -0.4 is 21.7 Å². The van der Waals surface area contributed by atoms with Gasteiger partial charge in [0.2, 0.25) is 0 Å². The molecule has 0 bridgehead atoms. The van der Waals surface area contributed by atoms with Gasteiger partial charge in [-0.3, -0.25) is 0 Å². The Morgan fingerprint density at radius 1 is 0.767 bits per heavy atom. The van der Waals surface area contributed by atoms with Gasteiger partial charge in [0.25, 0.3) is 0 Å². The van der Waals surface area contributed by atoms with Crippen LogP contribution in [0.1, 0.15) is 102 Å². The number of rotatable bonds is 7. The van der Waals surface area contributed by atoms with Crippen molar-refractivity contribution in [3.8, 4) is 22.2 Å². The Morgan fingerprint density at radius 3 is 1.93 bits per heavy atom. The van der Waals surface area contributed by atoms with Crippen molar-refractivity contribution in [2.45, 2.75) is 91.9 Å². The van der Waals surface area contributed by atoms with Crippen molar-refractivity contribution < 1.29 is 21.7 Å². The van der Waals surface area contributed by atoms with Crippen molar-refractivity contribution in [2.75, 3.05) is 0 Å². The number of halogens is 1. The Labute approximate surface area is 272 Å². The Morgan fingerprint density at radius 2 is 1.33 bits per heavy atom. The maximum Gasteiger partial charge on any atom is 0.313 e. The van der Waals surface area contributed by atoms with Gasteiger partial charge in [0.05, 0.1) is 5.10 Å². The third-order valence-corrected chi connectivity index (χ3v) is 11.4. The number of thiazole rings is 1. The first kappa shape index (κ1) is 32.0. The van der Waals surface area contributed by atoms with E-state index < -0.39 is 0 Å². The molecule has 2 saturated carbocycles. The van der Waals surface area contributed by atoms with Crippen LogP contribution in [-0.2, 0) is 0 Å². The molecule has 43 heavy (non-hydrogen) atoms. The minimum atomic E-state index is 0. The lowest BCUT2D eigenvalue weighted by Gasteiger charge is -2.40. The van der Waals surface area contributed by atoms with E-state index in [9.17, 15) is 0 Å². The molecule has 2 aliphatic carbocycles. The summed E-state index contributed by atoms with van der Waals surface area (Å²) in [5.74, 6) is 6.05. The molecule has 5 nitrogen and oxygen atoms in total. The molecule has 0 radical (unpaired) electrons. The second kappa shape index (κ2) is 13.7. The number of hydrogen-bond acceptors (Lipinski definition) is 4. The number of nitrogens with zero attached hydrogens (tertiary/aromatic N) is 5. The van der Waals surface area contributed by atoms with Crippen LogP contribution in [0.4, 0.5) is 0 Å². The van der Waals surface area contributed by atoms with Gasteiger partial charge in [0, 0.05) is 16.4 Å². The van der Waals surface area contributed by atoms with Gasteiger partial charge in [-0.1, -0.05) is 107 Å². The minimum absolute atomic E-state index is 0. The highest BCUT2D eigenvalue weighted by Crippen LogP contribution is 2.52. The lowest BCUT2D eigenvalue weighted by Crippen LogP contribution is -3.00. The topological polar surface area (TPSA) is 47.5 Å². The fourth-order valence-electron chi connectivity index (χ4n) is 7.90. The molecule has 0 amide bonds. The fourth-order valence-corrected chi connectivity index (χ4v) is 9.21. The standard InChI is InChI=1S/C36H48N5S.BrH/c1-23(2)29-19-17-25(5)21-31(29)33-34(32-22-26(6)18-20-30(32)24(3)4)42-36(37-33)40-35(27-13-9-7-10-14-27)38-39-41(40)28-15-11-8-12-16-28;/h7-16,23-26,29-32H,17-22H2,1-6H3;1H/q+1;/p-1. The highest BCUT2D eigenvalue weighted by Gasteiger charge is 2.42. The zero-order valence-electron chi connectivity index (χ0n) is 26.7. The molecule has 0 N–H and O–H groups in total. The number of aromatic nitrogens is 5. The second-order valence-electron chi connectivity index (χ2n) is 13.9. The first-order chi connectivity index (χ1) is 20.3. The monoisotopic (exact) mass is 661 g/mol. The summed E-state index contributed by atoms with van der Waals surface area (Å²) in [6.45, 7) is 14.6. The van der Waals surface area contributed by atoms with E-state index in [0.29, 0.717) is 35.5 Å². The molecule has 0 spiro atoms. The van der Waals surface area contributed by atoms with Gasteiger partial charge in [-0.05, 0) is 96.2 Å². The summed E-state index contributed by atoms with van der Waals surface area (Å²) in [5.41, 5.74) is 3.43. The van der Waals surface area contributed by atoms with Gasteiger partial charge in [0.1, 0.15) is 16.6 Å². The third kappa shape index (κ3) is 6.54. The van der Waals surface area contributed by atoms with E-state index in [2.05, 4.69) is 107 Å². The van der Waals surface area contributed by atoms with E-state index in [0.717, 1.165) is 34.0 Å². The van der Waals surface area contributed by atoms with Crippen molar-refractivity contribution in [3.05, 3.63) is 71.2 Å². The number of hydrogen-bond donors (Lipinski definition) is 0. The van der Waals surface area contributed by atoms with E-state index in [1.807, 2.05) is 16.1 Å². The Hall–Kier alpha value is -2.38. The molecule has 2 aliphatic rings. The SMILES string of the molecule is CC1CCC(C(C)C)C(c2nc(-[n+]3c(-c4ccccc4)nnn3-c3ccccc3)sc2C2CC(C)CCC2C(C)C)C1.[Br-]. The number of tetrazole rings is 1. The van der Waals surface area contributed by atoms with Crippen LogP contribution in [0.3, 0.4) is 0 Å². The highest BCUT2D eigenvalue weighted by molar-refractivity contribution is 7.13. The molecule has 6 unspecified atom stereocenters. The summed E-state index contributed by atoms with van der Waals surface area (Å²) in [6.07, 6.45) is 7.79. The molecule has 2 fully saturated rings. The molecular formula is C36H48BrN5S. The molecular weight excluding hydrogens is 614 g/mol. The summed E-state index contributed by atoms with van der Waals surface area (Å²) < 4.78 is 2.18. The van der Waals surface area contributed by atoms with Gasteiger partial charge in [-0.15, -0.1) is 4.98 Å². The van der Waals surface area contributed by atoms with Crippen LogP contribution >= 0.6 is 11.3 Å². The van der Waals surface area contributed by atoms with Crippen LogP contribution in [0, 0.1) is 35.5 Å². The van der Waals surface area contributed by atoms with Gasteiger partial charge < -0.3 is 17.0 Å². The minimum Gasteiger partial charge on any atom is -1.00 e. The van der Waals surface area contributed by atoms with Crippen molar-refractivity contribution in [1.82, 2.24) is 20.1 Å². The van der Waals surface area contributed by atoms with Crippen LogP contribution in [-0.4, -0.2) is 20.1 Å². The van der Waals surface area contributed by atoms with Crippen molar-refractivity contribution in [3.63, 3.8) is 0 Å². The largest absolute Gasteiger partial charge is 1.00 e. The highest BCUT2D eigenvalue weighted by atomic mass is 79.9. The average molecular weight is 663 g/mol. The zero-order chi connectivity index (χ0) is 29.4. The van der Waals surface area contributed by atoms with E-state index in [-0.39, 0.29) is 17.0 Å². The summed E-state index contributed by atoms with van der Waals surface area (Å²) in [6, 6.07) is 20.8. The Balaban J connectivity index is 0.00000368. The van der Waals surface area contributed by atoms with Crippen molar-refractivity contribution in [1.29, 1.82) is 0 Å². The fraction of sp³-hybridized carbons (Fsp3) is 0.556. The van der Waals surface area contributed by atoms with Crippen molar-refractivity contribution in [2.24, 2.45) is 35.5 Å². The molecule has 2 heterocycles. The smallest absolute Gasteiger partial charge is 0.313 e. The van der Waals surface area contributed by atoms with E-state index >= 15 is 0 Å². The lowest BCUT2D eigenvalue weighted by molar-refractivity contribution is -0.669. The summed E-state index contributed by atoms with van der Waals surface area (Å²) >= 11 is 1.92. The molecule has 2 aromatic heterocycles. The van der Waals surface area contributed by atoms with Crippen LogP contribution in [0.15, 0.2) is 60.7 Å². The third-order valence-electron chi connectivity index (χ3n) is 10.2. The van der Waals surface area contributed by atoms with Gasteiger partial charge in [-0.25, -0.2) is 0 Å². The van der Waals surface area contributed by atoms with E-state index in [4.69, 9.17) is 15.3 Å². The molecule has 6 rings (SSSR count). The van der Waals surface area contributed by atoms with Gasteiger partial charge in [0.15, 0.2) is 0 Å². The molecule has 4 aromatic rings. The number of benzene rings is 2. The first-order valence-electron chi connectivity index (χ1n) is 16.3. The van der Waals surface area contributed by atoms with Crippen LogP contribution in [0.2, 0.25) is 0 Å². The number of para-hydroxylation sites is 1. The Bertz CT molecular complexity index is 1360. The molecule has 230 valence electrons. The van der Waals surface area contributed by atoms with Crippen LogP contribution in [0.5, 0.6) is 0 Å². The van der Waals surface area contributed by atoms with Crippen LogP contribution in [0.25, 0.3) is 22.2 Å². The molecule has 0 aliphatic heterocycles. The predicted molar refractivity (Wildman–Crippen MR) is 172 cm³/mol. The molecule has 2 aromatic carbocycles. The predicted octanol–water partition coefficient (Wildman–Crippen LogP) is 6.02. The second-order valence-corrected chi connectivity index (χ2v) is 14.9. The lowest BCUT2D eigenvalue weighted by atomic mass is 9.65. The van der Waals surface area contributed by atoms with Gasteiger partial charge >= 0.3 is 11.0 Å². The quantitative estimate of drug-likeness (QED) is 0.228. The summed E-state index contributed by atoms with van der Waals surface area (Å²) in [4.78, 5) is 9.18. The maximum atomic E-state index is 5.69. The maximum absolute atomic E-state index is 5.69. The summed E-state index contributed by atoms with van der Waals surface area (Å²) in [7, 11) is 0. The normalized spacial score (nSPS) is 26.0. The average Bonchev–Trinajstić information content (AvgIpc) is 3.63. The molecule has 0 saturated heterocycles. The van der Waals surface area contributed by atoms with Crippen molar-refractivity contribution >= 4 is 11.3 Å². The Kier molecular flexibility index (Phi) is 10.2. The van der Waals surface area contributed by atoms with E-state index in [1.165, 1.54) is 44.2 Å². The summed E-state index contributed by atoms with van der Waals surface area (Å²) in [5, 5.41) is 10.5. The zero-order valence-corrected chi connectivity index (χ0v) is 29.1. The van der Waals surface area contributed by atoms with E-state index in [1.54, 1.807) is 4.88 Å².